The van der Waals surface area contributed by atoms with Crippen LogP contribution in [-0.2, 0) is 0 Å². The van der Waals surface area contributed by atoms with E-state index in [1.165, 1.54) is 13.2 Å². The molecule has 0 aliphatic carbocycles. The molecule has 0 spiro atoms. The summed E-state index contributed by atoms with van der Waals surface area (Å²) in [4.78, 5) is 4.24. The molecule has 0 amide bonds. The number of nitrogens with zero attached hydrogens (tertiary/aromatic N) is 1. The van der Waals surface area contributed by atoms with Crippen LogP contribution in [0.3, 0.4) is 0 Å². The lowest BCUT2D eigenvalue weighted by atomic mass is 10.2. The molecule has 14 heavy (non-hydrogen) atoms. The Morgan fingerprint density at radius 1 is 1.50 bits per heavy atom. The zero-order valence-electron chi connectivity index (χ0n) is 7.88. The van der Waals surface area contributed by atoms with E-state index in [0.717, 1.165) is 24.5 Å². The fraction of sp³-hybridized carbons (Fsp3) is 0.300. The van der Waals surface area contributed by atoms with Crippen LogP contribution in [0.2, 0.25) is 0 Å². The lowest BCUT2D eigenvalue weighted by Crippen LogP contribution is -2.19. The van der Waals surface area contributed by atoms with Crippen molar-refractivity contribution in [2.75, 3.05) is 20.2 Å². The van der Waals surface area contributed by atoms with E-state index in [0.29, 0.717) is 0 Å². The number of benzene rings is 1. The summed E-state index contributed by atoms with van der Waals surface area (Å²) < 4.78 is 18.0. The number of halogens is 1. The van der Waals surface area contributed by atoms with Crippen molar-refractivity contribution in [3.63, 3.8) is 0 Å². The SMILES string of the molecule is COc1cc(C2=NCCN2)ccc1F. The van der Waals surface area contributed by atoms with Gasteiger partial charge in [-0.25, -0.2) is 4.39 Å². The highest BCUT2D eigenvalue weighted by molar-refractivity contribution is 6.00. The second-order valence-electron chi connectivity index (χ2n) is 3.01. The average Bonchev–Trinajstić information content (AvgIpc) is 2.71. The van der Waals surface area contributed by atoms with Gasteiger partial charge in [-0.3, -0.25) is 4.99 Å². The summed E-state index contributed by atoms with van der Waals surface area (Å²) in [5, 5.41) is 3.12. The molecule has 3 nitrogen and oxygen atoms in total. The predicted molar refractivity (Wildman–Crippen MR) is 52.4 cm³/mol. The van der Waals surface area contributed by atoms with E-state index in [9.17, 15) is 4.39 Å². The van der Waals surface area contributed by atoms with Gasteiger partial charge in [0.2, 0.25) is 0 Å². The van der Waals surface area contributed by atoms with Gasteiger partial charge in [0.25, 0.3) is 0 Å². The highest BCUT2D eigenvalue weighted by atomic mass is 19.1. The third-order valence-corrected chi connectivity index (χ3v) is 2.10. The summed E-state index contributed by atoms with van der Waals surface area (Å²) in [6.07, 6.45) is 0. The molecule has 0 unspecified atom stereocenters. The van der Waals surface area contributed by atoms with E-state index in [4.69, 9.17) is 4.74 Å². The zero-order valence-corrected chi connectivity index (χ0v) is 7.88. The molecule has 0 bridgehead atoms. The van der Waals surface area contributed by atoms with Crippen LogP contribution in [0.25, 0.3) is 0 Å². The van der Waals surface area contributed by atoms with Crippen LogP contribution in [0.15, 0.2) is 23.2 Å². The number of amidine groups is 1. The zero-order chi connectivity index (χ0) is 9.97. The van der Waals surface area contributed by atoms with E-state index in [1.54, 1.807) is 12.1 Å². The molecule has 4 heteroatoms. The molecule has 1 heterocycles. The van der Waals surface area contributed by atoms with E-state index in [1.807, 2.05) is 0 Å². The van der Waals surface area contributed by atoms with E-state index in [2.05, 4.69) is 10.3 Å². The number of hydrogen-bond donors (Lipinski definition) is 1. The van der Waals surface area contributed by atoms with Crippen LogP contribution in [0.4, 0.5) is 4.39 Å². The lowest BCUT2D eigenvalue weighted by Gasteiger charge is -2.05. The third kappa shape index (κ3) is 1.55. The summed E-state index contributed by atoms with van der Waals surface area (Å²) in [5.41, 5.74) is 0.862. The summed E-state index contributed by atoms with van der Waals surface area (Å²) in [6, 6.07) is 4.72. The molecule has 74 valence electrons. The molecule has 1 aliphatic heterocycles. The maximum absolute atomic E-state index is 13.1. The number of rotatable bonds is 2. The Hall–Kier alpha value is -1.58. The Morgan fingerprint density at radius 2 is 2.36 bits per heavy atom. The predicted octanol–water partition coefficient (Wildman–Crippen LogP) is 1.18. The number of aliphatic imine (C=N–C) groups is 1. The fourth-order valence-corrected chi connectivity index (χ4v) is 1.40. The van der Waals surface area contributed by atoms with Crippen molar-refractivity contribution < 1.29 is 9.13 Å². The molecule has 1 aromatic carbocycles. The van der Waals surface area contributed by atoms with Gasteiger partial charge in [-0.15, -0.1) is 0 Å². The molecule has 1 aromatic rings. The van der Waals surface area contributed by atoms with Crippen molar-refractivity contribution in [3.8, 4) is 5.75 Å². The molecule has 0 atom stereocenters. The topological polar surface area (TPSA) is 33.6 Å². The Kier molecular flexibility index (Phi) is 2.35. The van der Waals surface area contributed by atoms with Crippen LogP contribution in [-0.4, -0.2) is 26.0 Å². The van der Waals surface area contributed by atoms with Crippen molar-refractivity contribution >= 4 is 5.84 Å². The monoisotopic (exact) mass is 194 g/mol. The minimum atomic E-state index is -0.352. The van der Waals surface area contributed by atoms with Crippen LogP contribution in [0.5, 0.6) is 5.75 Å². The molecule has 1 N–H and O–H groups in total. The number of nitrogens with one attached hydrogen (secondary N) is 1. The van der Waals surface area contributed by atoms with Gasteiger partial charge in [0, 0.05) is 12.1 Å². The quantitative estimate of drug-likeness (QED) is 0.767. The third-order valence-electron chi connectivity index (χ3n) is 2.10. The summed E-state index contributed by atoms with van der Waals surface area (Å²) in [7, 11) is 1.45. The maximum Gasteiger partial charge on any atom is 0.165 e. The Morgan fingerprint density at radius 3 is 3.00 bits per heavy atom. The first-order chi connectivity index (χ1) is 6.81. The standard InChI is InChI=1S/C10H11FN2O/c1-14-9-6-7(2-3-8(9)11)10-12-4-5-13-10/h2-3,6H,4-5H2,1H3,(H,12,13). The first-order valence-electron chi connectivity index (χ1n) is 4.43. The van der Waals surface area contributed by atoms with Crippen molar-refractivity contribution in [1.82, 2.24) is 5.32 Å². The molecular weight excluding hydrogens is 183 g/mol. The lowest BCUT2D eigenvalue weighted by molar-refractivity contribution is 0.386. The fourth-order valence-electron chi connectivity index (χ4n) is 1.40. The van der Waals surface area contributed by atoms with Gasteiger partial charge in [0.15, 0.2) is 11.6 Å². The largest absolute Gasteiger partial charge is 0.494 e. The van der Waals surface area contributed by atoms with Crippen LogP contribution < -0.4 is 10.1 Å². The molecule has 0 saturated carbocycles. The smallest absolute Gasteiger partial charge is 0.165 e. The second-order valence-corrected chi connectivity index (χ2v) is 3.01. The Labute approximate surface area is 81.6 Å². The maximum atomic E-state index is 13.1. The molecule has 0 aromatic heterocycles. The van der Waals surface area contributed by atoms with Crippen molar-refractivity contribution in [3.05, 3.63) is 29.6 Å². The first-order valence-corrected chi connectivity index (χ1v) is 4.43. The van der Waals surface area contributed by atoms with Gasteiger partial charge < -0.3 is 10.1 Å². The summed E-state index contributed by atoms with van der Waals surface area (Å²) >= 11 is 0. The Balaban J connectivity index is 2.35. The summed E-state index contributed by atoms with van der Waals surface area (Å²) in [6.45, 7) is 1.62. The number of ether oxygens (including phenoxy) is 1. The minimum Gasteiger partial charge on any atom is -0.494 e. The highest BCUT2D eigenvalue weighted by Gasteiger charge is 2.10. The normalized spacial score (nSPS) is 14.9. The summed E-state index contributed by atoms with van der Waals surface area (Å²) in [5.74, 6) is 0.706. The van der Waals surface area contributed by atoms with Crippen molar-refractivity contribution in [2.24, 2.45) is 4.99 Å². The average molecular weight is 194 g/mol. The number of hydrogen-bond acceptors (Lipinski definition) is 3. The molecule has 0 fully saturated rings. The molecule has 2 rings (SSSR count). The van der Waals surface area contributed by atoms with Crippen molar-refractivity contribution in [2.45, 2.75) is 0 Å². The minimum absolute atomic E-state index is 0.249. The van der Waals surface area contributed by atoms with Gasteiger partial charge in [-0.2, -0.15) is 0 Å². The van der Waals surface area contributed by atoms with Gasteiger partial charge in [0.1, 0.15) is 5.84 Å². The molecule has 0 saturated heterocycles. The van der Waals surface area contributed by atoms with Gasteiger partial charge in [0.05, 0.1) is 13.7 Å². The number of methoxy groups -OCH3 is 1. The van der Waals surface area contributed by atoms with Gasteiger partial charge >= 0.3 is 0 Å². The van der Waals surface area contributed by atoms with Crippen LogP contribution in [0, 0.1) is 5.82 Å². The van der Waals surface area contributed by atoms with Gasteiger partial charge in [-0.1, -0.05) is 0 Å². The molecule has 0 radical (unpaired) electrons. The van der Waals surface area contributed by atoms with Crippen LogP contribution >= 0.6 is 0 Å². The Bertz CT molecular complexity index is 376. The van der Waals surface area contributed by atoms with E-state index in [-0.39, 0.29) is 11.6 Å². The molecular formula is C10H11FN2O. The van der Waals surface area contributed by atoms with E-state index < -0.39 is 0 Å². The van der Waals surface area contributed by atoms with Gasteiger partial charge in [-0.05, 0) is 18.2 Å². The first kappa shape index (κ1) is 8.99. The van der Waals surface area contributed by atoms with E-state index >= 15 is 0 Å². The second kappa shape index (κ2) is 3.65. The van der Waals surface area contributed by atoms with Crippen LogP contribution in [0.1, 0.15) is 5.56 Å². The van der Waals surface area contributed by atoms with Crippen molar-refractivity contribution in [1.29, 1.82) is 0 Å². The molecule has 1 aliphatic rings. The highest BCUT2D eigenvalue weighted by Crippen LogP contribution is 2.18.